The zero-order valence-electron chi connectivity index (χ0n) is 21.5. The van der Waals surface area contributed by atoms with Crippen molar-refractivity contribution in [2.75, 3.05) is 13.1 Å². The molecule has 1 aliphatic rings. The Morgan fingerprint density at radius 1 is 1.26 bits per heavy atom. The van der Waals surface area contributed by atoms with Gasteiger partial charge in [-0.1, -0.05) is 50.2 Å². The van der Waals surface area contributed by atoms with Crippen LogP contribution in [0.2, 0.25) is 0 Å². The van der Waals surface area contributed by atoms with Gasteiger partial charge in [0, 0.05) is 49.4 Å². The number of benzene rings is 1. The van der Waals surface area contributed by atoms with Crippen LogP contribution >= 0.6 is 0 Å². The minimum Gasteiger partial charge on any atom is -0.377 e. The third kappa shape index (κ3) is 5.81. The average Bonchev–Trinajstić information content (AvgIpc) is 3.35. The predicted molar refractivity (Wildman–Crippen MR) is 139 cm³/mol. The summed E-state index contributed by atoms with van der Waals surface area (Å²) in [6.45, 7) is 12.8. The van der Waals surface area contributed by atoms with Gasteiger partial charge in [-0.15, -0.1) is 0 Å². The van der Waals surface area contributed by atoms with Crippen molar-refractivity contribution in [3.05, 3.63) is 83.1 Å². The Kier molecular flexibility index (Phi) is 7.39. The number of pyridine rings is 1. The largest absolute Gasteiger partial charge is 0.377 e. The summed E-state index contributed by atoms with van der Waals surface area (Å²) < 4.78 is 5.35. The Morgan fingerprint density at radius 2 is 2.09 bits per heavy atom. The number of likely N-dealkylation sites (tertiary alicyclic amines) is 1. The molecule has 1 atom stereocenters. The lowest BCUT2D eigenvalue weighted by molar-refractivity contribution is 0.0941. The molecule has 3 aromatic rings. The summed E-state index contributed by atoms with van der Waals surface area (Å²) in [6.07, 6.45) is 10.6. The van der Waals surface area contributed by atoms with E-state index in [1.165, 1.54) is 29.5 Å². The normalized spacial score (nSPS) is 16.6. The van der Waals surface area contributed by atoms with Crippen molar-refractivity contribution in [2.24, 2.45) is 0 Å². The van der Waals surface area contributed by atoms with Gasteiger partial charge in [0.15, 0.2) is 5.69 Å². The van der Waals surface area contributed by atoms with Crippen LogP contribution in [0.5, 0.6) is 0 Å². The highest BCUT2D eigenvalue weighted by Gasteiger charge is 2.23. The summed E-state index contributed by atoms with van der Waals surface area (Å²) in [4.78, 5) is 19.5. The minimum atomic E-state index is -0.230. The van der Waals surface area contributed by atoms with Crippen LogP contribution in [0.4, 0.5) is 0 Å². The molecule has 0 unspecified atom stereocenters. The van der Waals surface area contributed by atoms with Crippen LogP contribution in [0.25, 0.3) is 11.1 Å². The van der Waals surface area contributed by atoms with Gasteiger partial charge in [-0.2, -0.15) is 0 Å². The van der Waals surface area contributed by atoms with E-state index in [4.69, 9.17) is 4.52 Å². The molecule has 1 fully saturated rings. The highest BCUT2D eigenvalue weighted by Crippen LogP contribution is 2.34. The monoisotopic (exact) mass is 472 g/mol. The van der Waals surface area contributed by atoms with Crippen molar-refractivity contribution in [3.8, 4) is 11.1 Å². The Balaban J connectivity index is 1.48. The molecule has 0 radical (unpaired) electrons. The summed E-state index contributed by atoms with van der Waals surface area (Å²) in [7, 11) is 0. The van der Waals surface area contributed by atoms with Crippen molar-refractivity contribution >= 4 is 5.91 Å². The fourth-order valence-electron chi connectivity index (χ4n) is 4.66. The van der Waals surface area contributed by atoms with Crippen LogP contribution in [0, 0.1) is 6.92 Å². The van der Waals surface area contributed by atoms with Crippen LogP contribution in [0.3, 0.4) is 0 Å². The lowest BCUT2D eigenvalue weighted by atomic mass is 9.86. The lowest BCUT2D eigenvalue weighted by Crippen LogP contribution is -2.30. The first-order valence-corrected chi connectivity index (χ1v) is 12.4. The summed E-state index contributed by atoms with van der Waals surface area (Å²) in [5.74, 6) is 0.929. The lowest BCUT2D eigenvalue weighted by Gasteiger charge is -2.33. The molecule has 6 heteroatoms. The molecule has 184 valence electrons. The number of piperidine rings is 1. The Labute approximate surface area is 208 Å². The maximum atomic E-state index is 12.6. The Hall–Kier alpha value is -3.41. The SMILES string of the molecule is CC=CN1CCC[C@@H](c2cnccc2-c2ccc(CNC(=O)c3cc(C(C)(C)C)on3)c(C)c2)C1. The van der Waals surface area contributed by atoms with E-state index in [2.05, 4.69) is 70.7 Å². The highest BCUT2D eigenvalue weighted by atomic mass is 16.5. The van der Waals surface area contributed by atoms with Gasteiger partial charge in [0.1, 0.15) is 5.76 Å². The highest BCUT2D eigenvalue weighted by molar-refractivity contribution is 5.92. The molecule has 0 aliphatic carbocycles. The van der Waals surface area contributed by atoms with Crippen LogP contribution in [0.1, 0.15) is 79.4 Å². The summed E-state index contributed by atoms with van der Waals surface area (Å²) >= 11 is 0. The number of nitrogens with zero attached hydrogens (tertiary/aromatic N) is 3. The number of hydrogen-bond donors (Lipinski definition) is 1. The molecule has 2 aromatic heterocycles. The number of rotatable bonds is 6. The van der Waals surface area contributed by atoms with E-state index in [-0.39, 0.29) is 11.3 Å². The first-order chi connectivity index (χ1) is 16.8. The first-order valence-electron chi connectivity index (χ1n) is 12.4. The Morgan fingerprint density at radius 3 is 2.80 bits per heavy atom. The van der Waals surface area contributed by atoms with E-state index < -0.39 is 0 Å². The Bertz CT molecular complexity index is 1210. The van der Waals surface area contributed by atoms with Crippen LogP contribution in [-0.4, -0.2) is 34.0 Å². The fraction of sp³-hybridized carbons (Fsp3) is 0.414. The second-order valence-corrected chi connectivity index (χ2v) is 10.4. The second-order valence-electron chi connectivity index (χ2n) is 10.4. The fourth-order valence-corrected chi connectivity index (χ4v) is 4.66. The molecule has 0 saturated carbocycles. The molecule has 35 heavy (non-hydrogen) atoms. The van der Waals surface area contributed by atoms with Crippen LogP contribution < -0.4 is 5.32 Å². The number of allylic oxidation sites excluding steroid dienone is 1. The molecule has 0 spiro atoms. The smallest absolute Gasteiger partial charge is 0.273 e. The molecule has 0 bridgehead atoms. The van der Waals surface area contributed by atoms with Gasteiger partial charge in [0.25, 0.3) is 5.91 Å². The maximum Gasteiger partial charge on any atom is 0.273 e. The molecule has 6 nitrogen and oxygen atoms in total. The van der Waals surface area contributed by atoms with Gasteiger partial charge in [-0.3, -0.25) is 9.78 Å². The zero-order valence-corrected chi connectivity index (χ0v) is 21.5. The van der Waals surface area contributed by atoms with Gasteiger partial charge in [-0.05, 0) is 66.8 Å². The quantitative estimate of drug-likeness (QED) is 0.477. The van der Waals surface area contributed by atoms with Gasteiger partial charge in [-0.25, -0.2) is 0 Å². The molecular weight excluding hydrogens is 436 g/mol. The van der Waals surface area contributed by atoms with Gasteiger partial charge in [0.05, 0.1) is 0 Å². The average molecular weight is 473 g/mol. The van der Waals surface area contributed by atoms with Crippen molar-refractivity contribution in [1.82, 2.24) is 20.4 Å². The van der Waals surface area contributed by atoms with Gasteiger partial charge in [0.2, 0.25) is 0 Å². The van der Waals surface area contributed by atoms with Crippen LogP contribution in [0.15, 0.2) is 59.5 Å². The van der Waals surface area contributed by atoms with Gasteiger partial charge >= 0.3 is 0 Å². The predicted octanol–water partition coefficient (Wildman–Crippen LogP) is 5.99. The maximum absolute atomic E-state index is 12.6. The number of hydrogen-bond acceptors (Lipinski definition) is 5. The molecule has 1 aromatic carbocycles. The number of carbonyl (C=O) groups is 1. The van der Waals surface area contributed by atoms with E-state index in [9.17, 15) is 4.79 Å². The number of amides is 1. The van der Waals surface area contributed by atoms with Crippen molar-refractivity contribution in [2.45, 2.75) is 65.3 Å². The molecule has 1 aliphatic heterocycles. The molecule has 1 amide bonds. The van der Waals surface area contributed by atoms with E-state index >= 15 is 0 Å². The number of carbonyl (C=O) groups excluding carboxylic acids is 1. The van der Waals surface area contributed by atoms with E-state index in [1.54, 1.807) is 6.07 Å². The number of aromatic nitrogens is 2. The summed E-state index contributed by atoms with van der Waals surface area (Å²) in [6, 6.07) is 10.3. The molecular formula is C29H36N4O2. The first kappa shape index (κ1) is 24.7. The van der Waals surface area contributed by atoms with E-state index in [1.807, 2.05) is 33.2 Å². The third-order valence-corrected chi connectivity index (χ3v) is 6.68. The summed E-state index contributed by atoms with van der Waals surface area (Å²) in [5.41, 5.74) is 6.07. The topological polar surface area (TPSA) is 71.3 Å². The van der Waals surface area contributed by atoms with E-state index in [0.717, 1.165) is 24.2 Å². The van der Waals surface area contributed by atoms with E-state index in [0.29, 0.717) is 23.9 Å². The van der Waals surface area contributed by atoms with Crippen LogP contribution in [-0.2, 0) is 12.0 Å². The van der Waals surface area contributed by atoms with Crippen molar-refractivity contribution in [1.29, 1.82) is 0 Å². The number of nitrogens with one attached hydrogen (secondary N) is 1. The zero-order chi connectivity index (χ0) is 25.0. The standard InChI is InChI=1S/C29H36N4O2/c1-6-13-33-14-7-8-23(19-33)25-18-30-12-11-24(25)21-9-10-22(20(2)15-21)17-31-28(34)26-16-27(35-32-26)29(3,4)5/h6,9-13,15-16,18,23H,7-8,14,17,19H2,1-5H3,(H,31,34)/t23-/m1/s1. The minimum absolute atomic E-state index is 0.188. The summed E-state index contributed by atoms with van der Waals surface area (Å²) in [5, 5.41) is 6.92. The third-order valence-electron chi connectivity index (χ3n) is 6.68. The van der Waals surface area contributed by atoms with Gasteiger partial charge < -0.3 is 14.7 Å². The second kappa shape index (κ2) is 10.5. The van der Waals surface area contributed by atoms with Crippen molar-refractivity contribution in [3.63, 3.8) is 0 Å². The molecule has 1 saturated heterocycles. The number of aryl methyl sites for hydroxylation is 1. The molecule has 1 N–H and O–H groups in total. The molecule has 4 rings (SSSR count). The van der Waals surface area contributed by atoms with Crippen molar-refractivity contribution < 1.29 is 9.32 Å². The molecule has 3 heterocycles.